The van der Waals surface area contributed by atoms with Crippen molar-refractivity contribution in [1.82, 2.24) is 19.5 Å². The Morgan fingerprint density at radius 1 is 0.929 bits per heavy atom. The van der Waals surface area contributed by atoms with Crippen molar-refractivity contribution in [2.45, 2.75) is 25.7 Å². The third-order valence-corrected chi connectivity index (χ3v) is 7.31. The number of ether oxygens (including phenoxy) is 2. The van der Waals surface area contributed by atoms with Gasteiger partial charge in [0.15, 0.2) is 23.1 Å². The van der Waals surface area contributed by atoms with Gasteiger partial charge in [0, 0.05) is 40.5 Å². The lowest BCUT2D eigenvalue weighted by molar-refractivity contribution is 0.0971. The van der Waals surface area contributed by atoms with Gasteiger partial charge >= 0.3 is 0 Å². The Kier molecular flexibility index (Phi) is 7.18. The second-order valence-corrected chi connectivity index (χ2v) is 9.88. The molecule has 0 unspecified atom stereocenters. The van der Waals surface area contributed by atoms with Crippen molar-refractivity contribution in [3.63, 3.8) is 0 Å². The Hall–Kier alpha value is -5.38. The predicted molar refractivity (Wildman–Crippen MR) is 158 cm³/mol. The third-order valence-electron chi connectivity index (χ3n) is 7.31. The van der Waals surface area contributed by atoms with Crippen molar-refractivity contribution in [2.75, 3.05) is 19.5 Å². The van der Waals surface area contributed by atoms with Crippen LogP contribution in [0.2, 0.25) is 0 Å². The fourth-order valence-corrected chi connectivity index (χ4v) is 5.22. The fraction of sp³-hybridized carbons (Fsp3) is 0.188. The van der Waals surface area contributed by atoms with E-state index in [0.717, 1.165) is 5.39 Å². The zero-order valence-electron chi connectivity index (χ0n) is 23.1. The molecule has 0 bridgehead atoms. The van der Waals surface area contributed by atoms with E-state index in [0.29, 0.717) is 70.4 Å². The lowest BCUT2D eigenvalue weighted by Gasteiger charge is -2.21. The van der Waals surface area contributed by atoms with Crippen LogP contribution >= 0.6 is 0 Å². The summed E-state index contributed by atoms with van der Waals surface area (Å²) in [5.41, 5.74) is 3.07. The van der Waals surface area contributed by atoms with Gasteiger partial charge in [0.25, 0.3) is 5.56 Å². The van der Waals surface area contributed by atoms with Gasteiger partial charge in [0.05, 0.1) is 43.6 Å². The van der Waals surface area contributed by atoms with E-state index in [2.05, 4.69) is 20.3 Å². The Morgan fingerprint density at radius 2 is 1.71 bits per heavy atom. The molecule has 0 atom stereocenters. The topological polar surface area (TPSA) is 125 Å². The van der Waals surface area contributed by atoms with Crippen molar-refractivity contribution in [2.24, 2.45) is 0 Å². The average molecular weight is 562 g/mol. The first-order valence-corrected chi connectivity index (χ1v) is 13.5. The standard InChI is InChI=1S/C32H27N5O5/c1-41-29-15-22-25(16-30(29)42-2)34-18-35-31(22)36-20-12-11-19(33-17-20)13-28(39)24-14-23-26(9-6-10-27(23)38)37(32(24)40)21-7-4-3-5-8-21/h3-5,7-8,11-12,14-18H,6,9-10,13H2,1-2H3,(H,34,35,36). The van der Waals surface area contributed by atoms with Gasteiger partial charge in [-0.3, -0.25) is 23.9 Å². The largest absolute Gasteiger partial charge is 0.493 e. The number of hydrogen-bond acceptors (Lipinski definition) is 9. The molecule has 10 heteroatoms. The van der Waals surface area contributed by atoms with Gasteiger partial charge < -0.3 is 14.8 Å². The van der Waals surface area contributed by atoms with Crippen molar-refractivity contribution < 1.29 is 19.1 Å². The minimum absolute atomic E-state index is 0.0197. The fourth-order valence-electron chi connectivity index (χ4n) is 5.22. The zero-order valence-corrected chi connectivity index (χ0v) is 23.1. The lowest BCUT2D eigenvalue weighted by atomic mass is 9.91. The van der Waals surface area contributed by atoms with Gasteiger partial charge in [0.2, 0.25) is 0 Å². The normalized spacial score (nSPS) is 12.6. The van der Waals surface area contributed by atoms with Crippen LogP contribution in [0.15, 0.2) is 78.0 Å². The van der Waals surface area contributed by atoms with Gasteiger partial charge in [-0.2, -0.15) is 0 Å². The van der Waals surface area contributed by atoms with Gasteiger partial charge in [-0.05, 0) is 49.2 Å². The molecule has 0 aliphatic heterocycles. The van der Waals surface area contributed by atoms with Crippen LogP contribution in [0, 0.1) is 0 Å². The van der Waals surface area contributed by atoms with E-state index in [1.807, 2.05) is 18.2 Å². The second kappa shape index (κ2) is 11.2. The van der Waals surface area contributed by atoms with Crippen molar-refractivity contribution in [1.29, 1.82) is 0 Å². The van der Waals surface area contributed by atoms with E-state index in [4.69, 9.17) is 9.47 Å². The molecule has 210 valence electrons. The summed E-state index contributed by atoms with van der Waals surface area (Å²) >= 11 is 0. The van der Waals surface area contributed by atoms with E-state index in [-0.39, 0.29) is 17.8 Å². The minimum atomic E-state index is -0.430. The van der Waals surface area contributed by atoms with Crippen LogP contribution in [0.5, 0.6) is 11.5 Å². The quantitative estimate of drug-likeness (QED) is 0.264. The van der Waals surface area contributed by atoms with Crippen LogP contribution in [0.1, 0.15) is 44.9 Å². The van der Waals surface area contributed by atoms with Gasteiger partial charge in [-0.25, -0.2) is 9.97 Å². The molecule has 0 radical (unpaired) electrons. The van der Waals surface area contributed by atoms with Crippen LogP contribution < -0.4 is 20.3 Å². The highest BCUT2D eigenvalue weighted by molar-refractivity contribution is 6.03. The number of Topliss-reactive ketones (excluding diaryl/α,β-unsaturated/α-hetero) is 2. The minimum Gasteiger partial charge on any atom is -0.493 e. The van der Waals surface area contributed by atoms with E-state index in [9.17, 15) is 14.4 Å². The first kappa shape index (κ1) is 26.8. The summed E-state index contributed by atoms with van der Waals surface area (Å²) in [6.45, 7) is 0. The van der Waals surface area contributed by atoms with E-state index in [1.54, 1.807) is 56.8 Å². The van der Waals surface area contributed by atoms with E-state index in [1.165, 1.54) is 17.0 Å². The number of methoxy groups -OCH3 is 2. The van der Waals surface area contributed by atoms with Crippen molar-refractivity contribution >= 4 is 34.0 Å². The molecule has 1 N–H and O–H groups in total. The molecule has 0 spiro atoms. The number of fused-ring (bicyclic) bond motifs is 2. The Morgan fingerprint density at radius 3 is 2.45 bits per heavy atom. The predicted octanol–water partition coefficient (Wildman–Crippen LogP) is 4.88. The Bertz CT molecular complexity index is 1880. The monoisotopic (exact) mass is 561 g/mol. The molecule has 0 saturated heterocycles. The van der Waals surface area contributed by atoms with Gasteiger partial charge in [-0.1, -0.05) is 18.2 Å². The summed E-state index contributed by atoms with van der Waals surface area (Å²) in [5.74, 6) is 1.19. The number of benzene rings is 2. The molecule has 0 fully saturated rings. The highest BCUT2D eigenvalue weighted by atomic mass is 16.5. The molecule has 10 nitrogen and oxygen atoms in total. The first-order chi connectivity index (χ1) is 20.5. The maximum atomic E-state index is 13.6. The molecular formula is C32H27N5O5. The number of rotatable bonds is 8. The molecule has 2 aromatic carbocycles. The highest BCUT2D eigenvalue weighted by Gasteiger charge is 2.26. The summed E-state index contributed by atoms with van der Waals surface area (Å²) < 4.78 is 12.3. The molecule has 6 rings (SSSR count). The van der Waals surface area contributed by atoms with E-state index >= 15 is 0 Å². The number of aromatic nitrogens is 4. The maximum absolute atomic E-state index is 13.6. The zero-order chi connectivity index (χ0) is 29.2. The number of nitrogens with zero attached hydrogens (tertiary/aromatic N) is 4. The van der Waals surface area contributed by atoms with Gasteiger partial charge in [-0.15, -0.1) is 0 Å². The number of ketones is 2. The number of para-hydroxylation sites is 1. The third kappa shape index (κ3) is 4.98. The van der Waals surface area contributed by atoms with Crippen LogP contribution in [0.4, 0.5) is 11.5 Å². The summed E-state index contributed by atoms with van der Waals surface area (Å²) in [6.07, 6.45) is 4.61. The number of carbonyl (C=O) groups excluding carboxylic acids is 2. The SMILES string of the molecule is COc1cc2ncnc(Nc3ccc(CC(=O)c4cc5c(n(-c6ccccc6)c4=O)CCCC5=O)nc3)c2cc1OC. The molecule has 5 aromatic rings. The number of carbonyl (C=O) groups is 2. The summed E-state index contributed by atoms with van der Waals surface area (Å²) in [7, 11) is 3.12. The van der Waals surface area contributed by atoms with Crippen LogP contribution in [0.25, 0.3) is 16.6 Å². The smallest absolute Gasteiger partial charge is 0.266 e. The molecular weight excluding hydrogens is 534 g/mol. The highest BCUT2D eigenvalue weighted by Crippen LogP contribution is 2.34. The molecule has 3 aromatic heterocycles. The number of pyridine rings is 2. The second-order valence-electron chi connectivity index (χ2n) is 9.88. The molecule has 0 amide bonds. The molecule has 3 heterocycles. The molecule has 42 heavy (non-hydrogen) atoms. The summed E-state index contributed by atoms with van der Waals surface area (Å²) in [4.78, 5) is 52.9. The van der Waals surface area contributed by atoms with Crippen LogP contribution in [-0.4, -0.2) is 45.3 Å². The number of hydrogen-bond donors (Lipinski definition) is 1. The Balaban J connectivity index is 1.27. The van der Waals surface area contributed by atoms with Gasteiger partial charge in [0.1, 0.15) is 12.1 Å². The molecule has 0 saturated carbocycles. The summed E-state index contributed by atoms with van der Waals surface area (Å²) in [5, 5.41) is 3.96. The van der Waals surface area contributed by atoms with E-state index < -0.39 is 11.3 Å². The summed E-state index contributed by atoms with van der Waals surface area (Å²) in [6, 6.07) is 17.6. The van der Waals surface area contributed by atoms with Crippen molar-refractivity contribution in [3.05, 3.63) is 106 Å². The number of nitrogens with one attached hydrogen (secondary N) is 1. The van der Waals surface area contributed by atoms with Crippen LogP contribution in [-0.2, 0) is 12.8 Å². The maximum Gasteiger partial charge on any atom is 0.266 e. The average Bonchev–Trinajstić information content (AvgIpc) is 3.01. The first-order valence-electron chi connectivity index (χ1n) is 13.5. The molecule has 1 aliphatic rings. The number of anilines is 2. The molecule has 1 aliphatic carbocycles. The van der Waals surface area contributed by atoms with Crippen molar-refractivity contribution in [3.8, 4) is 17.2 Å². The Labute approximate surface area is 241 Å². The van der Waals surface area contributed by atoms with Crippen LogP contribution in [0.3, 0.4) is 0 Å². The lowest BCUT2D eigenvalue weighted by Crippen LogP contribution is -2.32.